The molecule has 6 heteroatoms. The minimum Gasteiger partial charge on any atom is -0.481 e. The van der Waals surface area contributed by atoms with E-state index in [-0.39, 0.29) is 5.92 Å². The van der Waals surface area contributed by atoms with Crippen LogP contribution >= 0.6 is 0 Å². The lowest BCUT2D eigenvalue weighted by Crippen LogP contribution is -2.03. The Labute approximate surface area is 105 Å². The highest BCUT2D eigenvalue weighted by molar-refractivity contribution is 5.30. The Morgan fingerprint density at radius 3 is 2.94 bits per heavy atom. The van der Waals surface area contributed by atoms with Crippen molar-refractivity contribution in [2.75, 3.05) is 12.4 Å². The topological polar surface area (TPSA) is 73.1 Å². The Morgan fingerprint density at radius 1 is 1.44 bits per heavy atom. The van der Waals surface area contributed by atoms with Crippen molar-refractivity contribution < 1.29 is 9.26 Å². The number of rotatable bonds is 5. The summed E-state index contributed by atoms with van der Waals surface area (Å²) >= 11 is 0. The Hall–Kier alpha value is -2.11. The van der Waals surface area contributed by atoms with E-state index in [1.807, 2.05) is 26.0 Å². The molecule has 96 valence electrons. The van der Waals surface area contributed by atoms with E-state index < -0.39 is 0 Å². The second-order valence-electron chi connectivity index (χ2n) is 4.14. The molecule has 0 atom stereocenters. The van der Waals surface area contributed by atoms with Gasteiger partial charge in [-0.15, -0.1) is 0 Å². The van der Waals surface area contributed by atoms with Crippen molar-refractivity contribution in [3.05, 3.63) is 29.7 Å². The van der Waals surface area contributed by atoms with E-state index in [1.54, 1.807) is 13.3 Å². The molecule has 0 aliphatic carbocycles. The molecule has 0 amide bonds. The van der Waals surface area contributed by atoms with E-state index >= 15 is 0 Å². The minimum atomic E-state index is 0.247. The van der Waals surface area contributed by atoms with Gasteiger partial charge in [0.15, 0.2) is 5.82 Å². The lowest BCUT2D eigenvalue weighted by Gasteiger charge is -2.06. The molecule has 1 N–H and O–H groups in total. The van der Waals surface area contributed by atoms with Crippen LogP contribution in [-0.4, -0.2) is 22.2 Å². The summed E-state index contributed by atoms with van der Waals surface area (Å²) in [6.07, 6.45) is 1.69. The third-order valence-electron chi connectivity index (χ3n) is 2.43. The highest BCUT2D eigenvalue weighted by atomic mass is 16.5. The molecule has 6 nitrogen and oxygen atoms in total. The van der Waals surface area contributed by atoms with E-state index in [0.717, 1.165) is 5.56 Å². The van der Waals surface area contributed by atoms with Crippen molar-refractivity contribution in [3.8, 4) is 5.88 Å². The SMILES string of the molecule is COc1ncccc1CNc1nc(C(C)C)no1. The van der Waals surface area contributed by atoms with Crippen molar-refractivity contribution in [3.63, 3.8) is 0 Å². The summed E-state index contributed by atoms with van der Waals surface area (Å²) in [6, 6.07) is 4.19. The summed E-state index contributed by atoms with van der Waals surface area (Å²) in [5, 5.41) is 6.93. The van der Waals surface area contributed by atoms with E-state index in [2.05, 4.69) is 20.4 Å². The summed E-state index contributed by atoms with van der Waals surface area (Å²) in [5.74, 6) is 1.53. The Bertz CT molecular complexity index is 510. The zero-order chi connectivity index (χ0) is 13.0. The van der Waals surface area contributed by atoms with Crippen LogP contribution in [0.1, 0.15) is 31.2 Å². The fraction of sp³-hybridized carbons (Fsp3) is 0.417. The Balaban J connectivity index is 2.02. The molecule has 0 saturated heterocycles. The Morgan fingerprint density at radius 2 is 2.28 bits per heavy atom. The average Bonchev–Trinajstić information content (AvgIpc) is 2.85. The number of ether oxygens (including phenoxy) is 1. The molecule has 2 heterocycles. The second kappa shape index (κ2) is 5.48. The van der Waals surface area contributed by atoms with E-state index in [4.69, 9.17) is 9.26 Å². The molecule has 0 aliphatic rings. The zero-order valence-corrected chi connectivity index (χ0v) is 10.7. The largest absolute Gasteiger partial charge is 0.481 e. The van der Waals surface area contributed by atoms with Crippen LogP contribution < -0.4 is 10.1 Å². The lowest BCUT2D eigenvalue weighted by atomic mass is 10.2. The van der Waals surface area contributed by atoms with Crippen LogP contribution in [0.5, 0.6) is 5.88 Å². The number of anilines is 1. The van der Waals surface area contributed by atoms with Gasteiger partial charge >= 0.3 is 6.01 Å². The molecule has 0 bridgehead atoms. The Kier molecular flexibility index (Phi) is 3.76. The smallest absolute Gasteiger partial charge is 0.321 e. The van der Waals surface area contributed by atoms with Crippen LogP contribution in [0.15, 0.2) is 22.9 Å². The first-order valence-corrected chi connectivity index (χ1v) is 5.76. The van der Waals surface area contributed by atoms with Gasteiger partial charge in [-0.25, -0.2) is 4.98 Å². The average molecular weight is 248 g/mol. The molecular weight excluding hydrogens is 232 g/mol. The number of nitrogens with one attached hydrogen (secondary N) is 1. The van der Waals surface area contributed by atoms with Crippen LogP contribution in [0.3, 0.4) is 0 Å². The van der Waals surface area contributed by atoms with E-state index in [0.29, 0.717) is 24.3 Å². The minimum absolute atomic E-state index is 0.247. The van der Waals surface area contributed by atoms with Crippen molar-refractivity contribution in [1.29, 1.82) is 0 Å². The van der Waals surface area contributed by atoms with Crippen LogP contribution in [0, 0.1) is 0 Å². The molecule has 0 saturated carbocycles. The van der Waals surface area contributed by atoms with Crippen LogP contribution in [0.25, 0.3) is 0 Å². The summed E-state index contributed by atoms with van der Waals surface area (Å²) in [5.41, 5.74) is 0.935. The summed E-state index contributed by atoms with van der Waals surface area (Å²) in [6.45, 7) is 4.55. The molecule has 0 aliphatic heterocycles. The summed E-state index contributed by atoms with van der Waals surface area (Å²) < 4.78 is 10.2. The number of aromatic nitrogens is 3. The van der Waals surface area contributed by atoms with Crippen molar-refractivity contribution in [2.24, 2.45) is 0 Å². The predicted molar refractivity (Wildman–Crippen MR) is 66.5 cm³/mol. The third kappa shape index (κ3) is 2.77. The number of hydrogen-bond acceptors (Lipinski definition) is 6. The van der Waals surface area contributed by atoms with Gasteiger partial charge in [-0.05, 0) is 6.07 Å². The van der Waals surface area contributed by atoms with Crippen molar-refractivity contribution >= 4 is 6.01 Å². The number of methoxy groups -OCH3 is 1. The molecule has 0 spiro atoms. The molecule has 2 rings (SSSR count). The van der Waals surface area contributed by atoms with Gasteiger partial charge in [-0.2, -0.15) is 4.98 Å². The number of nitrogens with zero attached hydrogens (tertiary/aromatic N) is 3. The van der Waals surface area contributed by atoms with Crippen LogP contribution in [-0.2, 0) is 6.54 Å². The first-order chi connectivity index (χ1) is 8.70. The fourth-order valence-electron chi connectivity index (χ4n) is 1.45. The third-order valence-corrected chi connectivity index (χ3v) is 2.43. The predicted octanol–water partition coefficient (Wildman–Crippen LogP) is 2.21. The maximum Gasteiger partial charge on any atom is 0.321 e. The van der Waals surface area contributed by atoms with E-state index in [9.17, 15) is 0 Å². The molecule has 2 aromatic heterocycles. The number of pyridine rings is 1. The maximum atomic E-state index is 5.16. The highest BCUT2D eigenvalue weighted by Gasteiger charge is 2.10. The van der Waals surface area contributed by atoms with Crippen LogP contribution in [0.4, 0.5) is 6.01 Å². The molecule has 18 heavy (non-hydrogen) atoms. The van der Waals surface area contributed by atoms with Gasteiger partial charge < -0.3 is 14.6 Å². The van der Waals surface area contributed by atoms with Crippen molar-refractivity contribution in [1.82, 2.24) is 15.1 Å². The molecule has 0 fully saturated rings. The van der Waals surface area contributed by atoms with Gasteiger partial charge in [0.25, 0.3) is 0 Å². The molecule has 2 aromatic rings. The fourth-order valence-corrected chi connectivity index (χ4v) is 1.45. The first kappa shape index (κ1) is 12.3. The zero-order valence-electron chi connectivity index (χ0n) is 10.7. The maximum absolute atomic E-state index is 5.16. The van der Waals surface area contributed by atoms with E-state index in [1.165, 1.54) is 0 Å². The second-order valence-corrected chi connectivity index (χ2v) is 4.14. The standard InChI is InChI=1S/C12H16N4O2/c1-8(2)10-15-12(18-16-10)14-7-9-5-4-6-13-11(9)17-3/h4-6,8H,7H2,1-3H3,(H,14,15,16). The molecule has 0 radical (unpaired) electrons. The normalized spacial score (nSPS) is 10.7. The van der Waals surface area contributed by atoms with Gasteiger partial charge in [0.1, 0.15) is 0 Å². The van der Waals surface area contributed by atoms with Crippen LogP contribution in [0.2, 0.25) is 0 Å². The first-order valence-electron chi connectivity index (χ1n) is 5.76. The van der Waals surface area contributed by atoms with Crippen molar-refractivity contribution in [2.45, 2.75) is 26.3 Å². The number of hydrogen-bond donors (Lipinski definition) is 1. The summed E-state index contributed by atoms with van der Waals surface area (Å²) in [7, 11) is 1.59. The molecular formula is C12H16N4O2. The van der Waals surface area contributed by atoms with Gasteiger partial charge in [0.2, 0.25) is 5.88 Å². The van der Waals surface area contributed by atoms with Gasteiger partial charge in [0, 0.05) is 24.2 Å². The van der Waals surface area contributed by atoms with Gasteiger partial charge in [-0.3, -0.25) is 0 Å². The van der Waals surface area contributed by atoms with Gasteiger partial charge in [0.05, 0.1) is 7.11 Å². The highest BCUT2D eigenvalue weighted by Crippen LogP contribution is 2.16. The monoisotopic (exact) mass is 248 g/mol. The quantitative estimate of drug-likeness (QED) is 0.874. The summed E-state index contributed by atoms with van der Waals surface area (Å²) in [4.78, 5) is 8.34. The van der Waals surface area contributed by atoms with Gasteiger partial charge in [-0.1, -0.05) is 25.1 Å². The lowest BCUT2D eigenvalue weighted by molar-refractivity contribution is 0.392. The molecule has 0 aromatic carbocycles. The molecule has 0 unspecified atom stereocenters.